The van der Waals surface area contributed by atoms with E-state index in [4.69, 9.17) is 21.1 Å². The summed E-state index contributed by atoms with van der Waals surface area (Å²) >= 11 is 6.33. The van der Waals surface area contributed by atoms with Crippen LogP contribution in [0.2, 0.25) is 5.02 Å². The summed E-state index contributed by atoms with van der Waals surface area (Å²) in [7, 11) is 1.54. The van der Waals surface area contributed by atoms with Gasteiger partial charge in [-0.3, -0.25) is 4.79 Å². The predicted octanol–water partition coefficient (Wildman–Crippen LogP) is 2.89. The number of anilines is 1. The first-order valence-electron chi connectivity index (χ1n) is 8.95. The lowest BCUT2D eigenvalue weighted by molar-refractivity contribution is 0.0745. The second-order valence-corrected chi connectivity index (χ2v) is 6.57. The molecule has 0 spiro atoms. The molecule has 1 saturated heterocycles. The fraction of sp³-hybridized carbons (Fsp3) is 0.421. The number of carbonyl (C=O) groups is 1. The summed E-state index contributed by atoms with van der Waals surface area (Å²) < 4.78 is 11.0. The second-order valence-electron chi connectivity index (χ2n) is 6.17. The van der Waals surface area contributed by atoms with E-state index in [9.17, 15) is 4.79 Å². The van der Waals surface area contributed by atoms with Crippen LogP contribution in [0.5, 0.6) is 11.5 Å². The Morgan fingerprint density at radius 1 is 1.19 bits per heavy atom. The number of hydrogen-bond acceptors (Lipinski definition) is 6. The van der Waals surface area contributed by atoms with Gasteiger partial charge < -0.3 is 19.3 Å². The van der Waals surface area contributed by atoms with E-state index in [-0.39, 0.29) is 5.91 Å². The van der Waals surface area contributed by atoms with Crippen LogP contribution < -0.4 is 14.4 Å². The zero-order valence-electron chi connectivity index (χ0n) is 15.5. The van der Waals surface area contributed by atoms with E-state index in [0.717, 1.165) is 6.42 Å². The van der Waals surface area contributed by atoms with Gasteiger partial charge in [0.05, 0.1) is 18.7 Å². The largest absolute Gasteiger partial charge is 0.493 e. The van der Waals surface area contributed by atoms with Crippen LogP contribution in [-0.2, 0) is 0 Å². The van der Waals surface area contributed by atoms with Crippen molar-refractivity contribution in [3.8, 4) is 11.5 Å². The minimum Gasteiger partial charge on any atom is -0.493 e. The molecule has 0 atom stereocenters. The molecule has 0 unspecified atom stereocenters. The van der Waals surface area contributed by atoms with Gasteiger partial charge in [-0.2, -0.15) is 0 Å². The molecular weight excluding hydrogens is 368 g/mol. The van der Waals surface area contributed by atoms with Crippen molar-refractivity contribution in [3.63, 3.8) is 0 Å². The third-order valence-corrected chi connectivity index (χ3v) is 4.61. The Morgan fingerprint density at radius 3 is 2.52 bits per heavy atom. The fourth-order valence-electron chi connectivity index (χ4n) is 2.93. The Kier molecular flexibility index (Phi) is 6.34. The van der Waals surface area contributed by atoms with Crippen LogP contribution in [0.25, 0.3) is 0 Å². The van der Waals surface area contributed by atoms with Crippen molar-refractivity contribution in [1.29, 1.82) is 0 Å². The minimum atomic E-state index is -0.0779. The molecule has 0 saturated carbocycles. The molecule has 8 heteroatoms. The Labute approximate surface area is 163 Å². The lowest BCUT2D eigenvalue weighted by Gasteiger charge is -2.34. The van der Waals surface area contributed by atoms with Crippen LogP contribution >= 0.6 is 11.6 Å². The van der Waals surface area contributed by atoms with Crippen molar-refractivity contribution in [2.45, 2.75) is 13.3 Å². The summed E-state index contributed by atoms with van der Waals surface area (Å²) in [5.41, 5.74) is 0.491. The molecule has 0 aliphatic carbocycles. The molecule has 144 valence electrons. The normalized spacial score (nSPS) is 14.2. The molecular formula is C19H23ClN4O3. The molecule has 7 nitrogen and oxygen atoms in total. The monoisotopic (exact) mass is 390 g/mol. The quantitative estimate of drug-likeness (QED) is 0.755. The van der Waals surface area contributed by atoms with E-state index in [1.807, 2.05) is 6.92 Å². The molecule has 3 rings (SSSR count). The minimum absolute atomic E-state index is 0.0779. The van der Waals surface area contributed by atoms with Crippen molar-refractivity contribution in [3.05, 3.63) is 41.2 Å². The maximum Gasteiger partial charge on any atom is 0.254 e. The number of amides is 1. The molecule has 2 aromatic rings. The van der Waals surface area contributed by atoms with Crippen molar-refractivity contribution < 1.29 is 14.3 Å². The van der Waals surface area contributed by atoms with E-state index in [2.05, 4.69) is 14.9 Å². The van der Waals surface area contributed by atoms with Crippen LogP contribution in [0.1, 0.15) is 23.7 Å². The lowest BCUT2D eigenvalue weighted by Crippen LogP contribution is -2.49. The number of benzene rings is 1. The maximum absolute atomic E-state index is 12.9. The van der Waals surface area contributed by atoms with Gasteiger partial charge in [0.1, 0.15) is 0 Å². The van der Waals surface area contributed by atoms with Gasteiger partial charge in [-0.15, -0.1) is 0 Å². The number of hydrogen-bond donors (Lipinski definition) is 0. The average molecular weight is 391 g/mol. The lowest BCUT2D eigenvalue weighted by atomic mass is 10.1. The van der Waals surface area contributed by atoms with Gasteiger partial charge in [0, 0.05) is 44.1 Å². The van der Waals surface area contributed by atoms with E-state index < -0.39 is 0 Å². The molecule has 1 aromatic heterocycles. The molecule has 2 heterocycles. The Hall–Kier alpha value is -2.54. The van der Waals surface area contributed by atoms with Crippen molar-refractivity contribution in [2.75, 3.05) is 44.8 Å². The summed E-state index contributed by atoms with van der Waals surface area (Å²) in [6.45, 7) is 5.08. The van der Waals surface area contributed by atoms with Crippen LogP contribution in [0, 0.1) is 0 Å². The summed E-state index contributed by atoms with van der Waals surface area (Å²) in [5.74, 6) is 1.55. The molecule has 1 fully saturated rings. The maximum atomic E-state index is 12.9. The highest BCUT2D eigenvalue weighted by Crippen LogP contribution is 2.37. The van der Waals surface area contributed by atoms with E-state index in [1.165, 1.54) is 7.11 Å². The highest BCUT2D eigenvalue weighted by Gasteiger charge is 2.25. The van der Waals surface area contributed by atoms with Crippen LogP contribution in [-0.4, -0.2) is 60.7 Å². The number of methoxy groups -OCH3 is 1. The number of halogens is 1. The standard InChI is InChI=1S/C19H23ClN4O3/c1-3-11-27-17-15(20)12-14(13-16(17)26-2)18(25)23-7-9-24(10-8-23)19-21-5-4-6-22-19/h4-6,12-13H,3,7-11H2,1-2H3. The summed E-state index contributed by atoms with van der Waals surface area (Å²) in [4.78, 5) is 25.3. The number of nitrogens with zero attached hydrogens (tertiary/aromatic N) is 4. The van der Waals surface area contributed by atoms with Crippen molar-refractivity contribution in [2.24, 2.45) is 0 Å². The van der Waals surface area contributed by atoms with Crippen molar-refractivity contribution >= 4 is 23.5 Å². The smallest absolute Gasteiger partial charge is 0.254 e. The molecule has 1 amide bonds. The van der Waals surface area contributed by atoms with E-state index in [1.54, 1.807) is 35.5 Å². The number of piperazine rings is 1. The Balaban J connectivity index is 1.70. The predicted molar refractivity (Wildman–Crippen MR) is 104 cm³/mol. The Morgan fingerprint density at radius 2 is 1.89 bits per heavy atom. The second kappa shape index (κ2) is 8.90. The van der Waals surface area contributed by atoms with Crippen LogP contribution in [0.3, 0.4) is 0 Å². The topological polar surface area (TPSA) is 67.8 Å². The summed E-state index contributed by atoms with van der Waals surface area (Å²) in [6.07, 6.45) is 4.29. The fourth-order valence-corrected chi connectivity index (χ4v) is 3.20. The van der Waals surface area contributed by atoms with Gasteiger partial charge >= 0.3 is 0 Å². The zero-order chi connectivity index (χ0) is 19.2. The van der Waals surface area contributed by atoms with Gasteiger partial charge in [0.2, 0.25) is 5.95 Å². The van der Waals surface area contributed by atoms with E-state index >= 15 is 0 Å². The Bertz CT molecular complexity index is 780. The molecule has 0 bridgehead atoms. The zero-order valence-corrected chi connectivity index (χ0v) is 16.3. The third kappa shape index (κ3) is 4.42. The number of carbonyl (C=O) groups excluding carboxylic acids is 1. The molecule has 0 radical (unpaired) electrons. The first kappa shape index (κ1) is 19.2. The number of aromatic nitrogens is 2. The molecule has 1 aromatic carbocycles. The molecule has 1 aliphatic rings. The van der Waals surface area contributed by atoms with Gasteiger partial charge in [-0.25, -0.2) is 9.97 Å². The first-order chi connectivity index (χ1) is 13.1. The molecule has 27 heavy (non-hydrogen) atoms. The third-order valence-electron chi connectivity index (χ3n) is 4.33. The van der Waals surface area contributed by atoms with E-state index in [0.29, 0.717) is 60.8 Å². The summed E-state index contributed by atoms with van der Waals surface area (Å²) in [5, 5.41) is 0.377. The first-order valence-corrected chi connectivity index (χ1v) is 9.33. The van der Waals surface area contributed by atoms with Gasteiger partial charge in [-0.1, -0.05) is 18.5 Å². The van der Waals surface area contributed by atoms with Gasteiger partial charge in [0.25, 0.3) is 5.91 Å². The highest BCUT2D eigenvalue weighted by atomic mass is 35.5. The van der Waals surface area contributed by atoms with Crippen LogP contribution in [0.15, 0.2) is 30.6 Å². The van der Waals surface area contributed by atoms with Crippen molar-refractivity contribution in [1.82, 2.24) is 14.9 Å². The van der Waals surface area contributed by atoms with Gasteiger partial charge in [-0.05, 0) is 24.6 Å². The number of ether oxygens (including phenoxy) is 2. The SMILES string of the molecule is CCCOc1c(Cl)cc(C(=O)N2CCN(c3ncccn3)CC2)cc1OC. The molecule has 0 N–H and O–H groups in total. The average Bonchev–Trinajstić information content (AvgIpc) is 2.72. The number of rotatable bonds is 6. The van der Waals surface area contributed by atoms with Gasteiger partial charge in [0.15, 0.2) is 11.5 Å². The van der Waals surface area contributed by atoms with Crippen LogP contribution in [0.4, 0.5) is 5.95 Å². The summed E-state index contributed by atoms with van der Waals surface area (Å²) in [6, 6.07) is 5.12. The molecule has 1 aliphatic heterocycles. The highest BCUT2D eigenvalue weighted by molar-refractivity contribution is 6.32.